The first kappa shape index (κ1) is 14.8. The summed E-state index contributed by atoms with van der Waals surface area (Å²) in [6, 6.07) is 8.53. The maximum atomic E-state index is 10.3. The van der Waals surface area contributed by atoms with Gasteiger partial charge in [0.15, 0.2) is 0 Å². The SMILES string of the molecule is O=[P+](O)c1ccccc1.[H-].[H-].[Na+].[Na+]. The molecule has 1 atom stereocenters. The van der Waals surface area contributed by atoms with E-state index in [0.29, 0.717) is 5.30 Å². The van der Waals surface area contributed by atoms with Crippen LogP contribution in [0.4, 0.5) is 0 Å². The van der Waals surface area contributed by atoms with Crippen LogP contribution in [0.3, 0.4) is 0 Å². The van der Waals surface area contributed by atoms with Gasteiger partial charge in [0.1, 0.15) is 0 Å². The Bertz CT molecular complexity index is 223. The van der Waals surface area contributed by atoms with Gasteiger partial charge in [0.2, 0.25) is 5.30 Å². The average molecular weight is 189 g/mol. The Morgan fingerprint density at radius 1 is 1.18 bits per heavy atom. The van der Waals surface area contributed by atoms with Crippen molar-refractivity contribution in [2.24, 2.45) is 0 Å². The van der Waals surface area contributed by atoms with Crippen LogP contribution in [-0.2, 0) is 4.57 Å². The van der Waals surface area contributed by atoms with Gasteiger partial charge in [0, 0.05) is 0 Å². The summed E-state index contributed by atoms with van der Waals surface area (Å²) < 4.78 is 10.3. The molecule has 0 saturated carbocycles. The summed E-state index contributed by atoms with van der Waals surface area (Å²) in [7, 11) is -2.15. The molecule has 0 aliphatic carbocycles. The van der Waals surface area contributed by atoms with Crippen LogP contribution in [0.2, 0.25) is 0 Å². The van der Waals surface area contributed by atoms with E-state index in [1.54, 1.807) is 24.3 Å². The van der Waals surface area contributed by atoms with E-state index >= 15 is 0 Å². The van der Waals surface area contributed by atoms with E-state index in [1.165, 1.54) is 0 Å². The fraction of sp³-hybridized carbons (Fsp3) is 0. The molecule has 0 aromatic heterocycles. The van der Waals surface area contributed by atoms with Crippen molar-refractivity contribution >= 4 is 13.3 Å². The molecule has 11 heavy (non-hydrogen) atoms. The standard InChI is InChI=1S/C6H5O2P.2Na.2H/c7-9(8)6-4-2-1-3-5-6;;;;/h1-5H;;;;/q;2*+1;2*-1/p+1. The average Bonchev–Trinajstić information content (AvgIpc) is 1.90. The van der Waals surface area contributed by atoms with Crippen LogP contribution in [0.1, 0.15) is 2.85 Å². The van der Waals surface area contributed by atoms with Crippen molar-refractivity contribution in [3.05, 3.63) is 30.3 Å². The largest absolute Gasteiger partial charge is 1.00 e. The van der Waals surface area contributed by atoms with Crippen LogP contribution >= 0.6 is 8.03 Å². The molecule has 0 aliphatic heterocycles. The van der Waals surface area contributed by atoms with Gasteiger partial charge >= 0.3 is 67.1 Å². The van der Waals surface area contributed by atoms with Crippen molar-refractivity contribution < 1.29 is 71.4 Å². The molecule has 1 aromatic carbocycles. The zero-order valence-corrected chi connectivity index (χ0v) is 11.6. The molecule has 1 N–H and O–H groups in total. The maximum absolute atomic E-state index is 10.3. The third kappa shape index (κ3) is 5.51. The Labute approximate surface area is 114 Å². The molecule has 0 amide bonds. The van der Waals surface area contributed by atoms with Crippen molar-refractivity contribution in [3.8, 4) is 0 Å². The minimum atomic E-state index is -2.15. The van der Waals surface area contributed by atoms with Crippen LogP contribution < -0.4 is 64.4 Å². The van der Waals surface area contributed by atoms with Gasteiger partial charge in [0.25, 0.3) is 0 Å². The Morgan fingerprint density at radius 2 is 1.64 bits per heavy atom. The minimum absolute atomic E-state index is 0. The third-order valence-corrected chi connectivity index (χ3v) is 1.72. The molecule has 0 fully saturated rings. The zero-order chi connectivity index (χ0) is 6.69. The van der Waals surface area contributed by atoms with E-state index in [0.717, 1.165) is 0 Å². The van der Waals surface area contributed by atoms with E-state index in [1.807, 2.05) is 6.07 Å². The summed E-state index contributed by atoms with van der Waals surface area (Å²) in [5.74, 6) is 0. The molecule has 0 spiro atoms. The van der Waals surface area contributed by atoms with Crippen LogP contribution in [0.25, 0.3) is 0 Å². The molecule has 0 aliphatic rings. The van der Waals surface area contributed by atoms with Crippen molar-refractivity contribution in [2.45, 2.75) is 0 Å². The number of rotatable bonds is 1. The van der Waals surface area contributed by atoms with E-state index in [4.69, 9.17) is 4.89 Å². The summed E-state index contributed by atoms with van der Waals surface area (Å²) in [4.78, 5) is 8.53. The van der Waals surface area contributed by atoms with Crippen molar-refractivity contribution in [3.63, 3.8) is 0 Å². The Kier molecular flexibility index (Phi) is 10.6. The van der Waals surface area contributed by atoms with Crippen molar-refractivity contribution in [1.82, 2.24) is 0 Å². The summed E-state index contributed by atoms with van der Waals surface area (Å²) >= 11 is 0. The van der Waals surface area contributed by atoms with Crippen LogP contribution in [0, 0.1) is 0 Å². The molecule has 1 unspecified atom stereocenters. The summed E-state index contributed by atoms with van der Waals surface area (Å²) in [5.41, 5.74) is 0. The van der Waals surface area contributed by atoms with Crippen LogP contribution in [0.15, 0.2) is 30.3 Å². The Hall–Kier alpha value is 1.28. The first-order valence-electron chi connectivity index (χ1n) is 2.52. The van der Waals surface area contributed by atoms with Gasteiger partial charge in [0.05, 0.1) is 0 Å². The quantitative estimate of drug-likeness (QED) is 0.356. The number of hydrogen-bond donors (Lipinski definition) is 1. The first-order chi connectivity index (χ1) is 4.30. The maximum Gasteiger partial charge on any atom is 1.00 e. The molecule has 2 nitrogen and oxygen atoms in total. The summed E-state index contributed by atoms with van der Waals surface area (Å²) in [6.45, 7) is 0. The molecule has 50 valence electrons. The molecule has 1 rings (SSSR count). The molecular weight excluding hydrogens is 181 g/mol. The first-order valence-corrected chi connectivity index (χ1v) is 3.73. The second-order valence-electron chi connectivity index (χ2n) is 1.61. The fourth-order valence-corrected chi connectivity index (χ4v) is 0.983. The Morgan fingerprint density at radius 3 is 1.91 bits per heavy atom. The van der Waals surface area contributed by atoms with Crippen LogP contribution in [-0.4, -0.2) is 4.89 Å². The molecular formula is C6H8Na2O2P+. The van der Waals surface area contributed by atoms with Gasteiger partial charge in [-0.3, -0.25) is 0 Å². The molecule has 0 radical (unpaired) electrons. The van der Waals surface area contributed by atoms with Gasteiger partial charge < -0.3 is 2.85 Å². The second kappa shape index (κ2) is 7.90. The van der Waals surface area contributed by atoms with Gasteiger partial charge in [-0.1, -0.05) is 18.2 Å². The Balaban J connectivity index is -0.000000101. The topological polar surface area (TPSA) is 37.3 Å². The van der Waals surface area contributed by atoms with Gasteiger partial charge in [-0.05, 0) is 16.7 Å². The van der Waals surface area contributed by atoms with E-state index in [-0.39, 0.29) is 62.0 Å². The number of hydrogen-bond acceptors (Lipinski definition) is 1. The van der Waals surface area contributed by atoms with Crippen molar-refractivity contribution in [1.29, 1.82) is 0 Å². The molecule has 0 bridgehead atoms. The predicted molar refractivity (Wildman–Crippen MR) is 38.1 cm³/mol. The predicted octanol–water partition coefficient (Wildman–Crippen LogP) is -4.72. The fourth-order valence-electron chi connectivity index (χ4n) is 0.556. The normalized spacial score (nSPS) is 9.00. The smallest absolute Gasteiger partial charge is 1.00 e. The van der Waals surface area contributed by atoms with Crippen molar-refractivity contribution in [2.75, 3.05) is 0 Å². The molecule has 5 heteroatoms. The summed E-state index contributed by atoms with van der Waals surface area (Å²) in [5, 5.41) is 0.479. The van der Waals surface area contributed by atoms with Gasteiger partial charge in [-0.25, -0.2) is 0 Å². The third-order valence-electron chi connectivity index (χ3n) is 0.977. The molecule has 1 aromatic rings. The monoisotopic (exact) mass is 189 g/mol. The van der Waals surface area contributed by atoms with Crippen LogP contribution in [0.5, 0.6) is 0 Å². The van der Waals surface area contributed by atoms with E-state index in [9.17, 15) is 4.57 Å². The van der Waals surface area contributed by atoms with E-state index in [2.05, 4.69) is 0 Å². The van der Waals surface area contributed by atoms with E-state index < -0.39 is 8.03 Å². The second-order valence-corrected chi connectivity index (χ2v) is 2.67. The molecule has 0 heterocycles. The molecule has 0 saturated heterocycles. The minimum Gasteiger partial charge on any atom is -1.00 e. The van der Waals surface area contributed by atoms with Gasteiger partial charge in [-0.2, -0.15) is 4.89 Å². The zero-order valence-electron chi connectivity index (χ0n) is 8.69. The van der Waals surface area contributed by atoms with Gasteiger partial charge in [-0.15, -0.1) is 0 Å². The number of benzene rings is 1. The summed E-state index contributed by atoms with van der Waals surface area (Å²) in [6.07, 6.45) is 0.